The Morgan fingerprint density at radius 1 is 1.15 bits per heavy atom. The molecule has 0 aliphatic carbocycles. The van der Waals surface area contributed by atoms with Gasteiger partial charge in [-0.3, -0.25) is 4.90 Å². The molecule has 6 heteroatoms. The molecule has 0 radical (unpaired) electrons. The molecule has 2 unspecified atom stereocenters. The van der Waals surface area contributed by atoms with Gasteiger partial charge in [0.1, 0.15) is 11.6 Å². The number of benzene rings is 1. The van der Waals surface area contributed by atoms with Gasteiger partial charge in [0.2, 0.25) is 0 Å². The fourth-order valence-electron chi connectivity index (χ4n) is 4.35. The second-order valence-electron chi connectivity index (χ2n) is 7.70. The zero-order chi connectivity index (χ0) is 18.8. The first-order valence-electron chi connectivity index (χ1n) is 9.76. The number of rotatable bonds is 5. The summed E-state index contributed by atoms with van der Waals surface area (Å²) in [4.78, 5) is 14.4. The number of methoxy groups -OCH3 is 1. The highest BCUT2D eigenvalue weighted by Crippen LogP contribution is 2.32. The fourth-order valence-corrected chi connectivity index (χ4v) is 4.35. The van der Waals surface area contributed by atoms with E-state index in [1.54, 1.807) is 13.2 Å². The summed E-state index contributed by atoms with van der Waals surface area (Å²) in [5.41, 5.74) is 1.60. The van der Waals surface area contributed by atoms with Crippen LogP contribution < -0.4 is 4.90 Å². The summed E-state index contributed by atoms with van der Waals surface area (Å²) in [5, 5.41) is 10.2. The number of hydrogen-bond donors (Lipinski definition) is 1. The minimum atomic E-state index is 0.218. The van der Waals surface area contributed by atoms with Crippen LogP contribution in [0.4, 0.5) is 5.82 Å². The van der Waals surface area contributed by atoms with Crippen LogP contribution in [0.25, 0.3) is 11.4 Å². The third kappa shape index (κ3) is 3.92. The topological polar surface area (TPSA) is 61.7 Å². The van der Waals surface area contributed by atoms with Crippen molar-refractivity contribution in [2.45, 2.75) is 25.8 Å². The maximum absolute atomic E-state index is 10.2. The van der Waals surface area contributed by atoms with E-state index in [1.165, 1.54) is 12.8 Å². The van der Waals surface area contributed by atoms with Crippen molar-refractivity contribution in [3.05, 3.63) is 36.0 Å². The van der Waals surface area contributed by atoms with Crippen molar-refractivity contribution in [2.75, 3.05) is 44.8 Å². The standard InChI is InChI=1S/C21H28N4O2/c1-15-11-20(23-21(22-15)18-5-3-4-6-19(18)26)25-13-16-7-8-17(14-25)24(12-16)9-10-27-2/h3-6,11,16-17,26H,7-10,12-14H2,1-2H3. The Balaban J connectivity index is 1.61. The van der Waals surface area contributed by atoms with Crippen LogP contribution in [0.15, 0.2) is 30.3 Å². The summed E-state index contributed by atoms with van der Waals surface area (Å²) >= 11 is 0. The minimum Gasteiger partial charge on any atom is -0.507 e. The molecule has 27 heavy (non-hydrogen) atoms. The van der Waals surface area contributed by atoms with E-state index in [0.717, 1.165) is 44.3 Å². The molecular formula is C21H28N4O2. The normalized spacial score (nSPS) is 22.8. The zero-order valence-electron chi connectivity index (χ0n) is 16.1. The highest BCUT2D eigenvalue weighted by atomic mass is 16.5. The van der Waals surface area contributed by atoms with Crippen molar-refractivity contribution in [1.29, 1.82) is 0 Å². The van der Waals surface area contributed by atoms with Crippen LogP contribution in [0.5, 0.6) is 5.75 Å². The van der Waals surface area contributed by atoms with E-state index in [0.29, 0.717) is 23.3 Å². The van der Waals surface area contributed by atoms with E-state index >= 15 is 0 Å². The number of piperidine rings is 1. The first-order chi connectivity index (χ1) is 13.1. The molecule has 2 bridgehead atoms. The van der Waals surface area contributed by atoms with Gasteiger partial charge in [-0.2, -0.15) is 0 Å². The van der Waals surface area contributed by atoms with Gasteiger partial charge in [-0.25, -0.2) is 9.97 Å². The van der Waals surface area contributed by atoms with Crippen LogP contribution >= 0.6 is 0 Å². The Kier molecular flexibility index (Phi) is 5.27. The number of phenols is 1. The van der Waals surface area contributed by atoms with Crippen molar-refractivity contribution in [1.82, 2.24) is 14.9 Å². The first-order valence-corrected chi connectivity index (χ1v) is 9.76. The summed E-state index contributed by atoms with van der Waals surface area (Å²) in [6.07, 6.45) is 2.52. The average Bonchev–Trinajstić information content (AvgIpc) is 2.98. The SMILES string of the molecule is COCCN1CC2CCC1CN(c1cc(C)nc(-c3ccccc3O)n1)C2. The van der Waals surface area contributed by atoms with Crippen LogP contribution in [-0.2, 0) is 4.74 Å². The Morgan fingerprint density at radius 2 is 2.00 bits per heavy atom. The lowest BCUT2D eigenvalue weighted by atomic mass is 9.95. The molecule has 1 N–H and O–H groups in total. The summed E-state index contributed by atoms with van der Waals surface area (Å²) in [5.74, 6) is 2.43. The van der Waals surface area contributed by atoms with Crippen molar-refractivity contribution in [2.24, 2.45) is 5.92 Å². The number of nitrogens with zero attached hydrogens (tertiary/aromatic N) is 4. The molecule has 0 saturated carbocycles. The predicted octanol–water partition coefficient (Wildman–Crippen LogP) is 2.70. The average molecular weight is 368 g/mol. The van der Waals surface area contributed by atoms with Gasteiger partial charge < -0.3 is 14.7 Å². The molecule has 4 heterocycles. The summed E-state index contributed by atoms with van der Waals surface area (Å²) in [6.45, 7) is 6.92. The molecule has 3 saturated heterocycles. The van der Waals surface area contributed by atoms with Crippen molar-refractivity contribution >= 4 is 5.82 Å². The third-order valence-electron chi connectivity index (χ3n) is 5.72. The fraction of sp³-hybridized carbons (Fsp3) is 0.524. The van der Waals surface area contributed by atoms with E-state index in [4.69, 9.17) is 9.72 Å². The lowest BCUT2D eigenvalue weighted by molar-refractivity contribution is 0.0889. The molecule has 144 valence electrons. The van der Waals surface area contributed by atoms with E-state index in [-0.39, 0.29) is 5.75 Å². The quantitative estimate of drug-likeness (QED) is 0.876. The van der Waals surface area contributed by atoms with E-state index in [1.807, 2.05) is 25.1 Å². The number of aromatic nitrogens is 2. The molecule has 5 rings (SSSR count). The van der Waals surface area contributed by atoms with Crippen LogP contribution in [0.1, 0.15) is 18.5 Å². The number of hydrogen-bond acceptors (Lipinski definition) is 6. The number of aryl methyl sites for hydroxylation is 1. The third-order valence-corrected chi connectivity index (χ3v) is 5.72. The molecule has 3 aliphatic heterocycles. The highest BCUT2D eigenvalue weighted by molar-refractivity contribution is 5.65. The Labute approximate surface area is 160 Å². The molecule has 0 amide bonds. The monoisotopic (exact) mass is 368 g/mol. The van der Waals surface area contributed by atoms with Crippen molar-refractivity contribution < 1.29 is 9.84 Å². The zero-order valence-corrected chi connectivity index (χ0v) is 16.1. The molecule has 1 aromatic carbocycles. The number of ether oxygens (including phenoxy) is 1. The molecule has 3 fully saturated rings. The van der Waals surface area contributed by atoms with E-state index in [2.05, 4.69) is 20.9 Å². The predicted molar refractivity (Wildman–Crippen MR) is 106 cm³/mol. The van der Waals surface area contributed by atoms with Crippen LogP contribution in [-0.4, -0.2) is 65.9 Å². The molecule has 2 aromatic rings. The number of phenolic OH excluding ortho intramolecular Hbond substituents is 1. The summed E-state index contributed by atoms with van der Waals surface area (Å²) < 4.78 is 5.30. The van der Waals surface area contributed by atoms with E-state index < -0.39 is 0 Å². The second kappa shape index (κ2) is 7.82. The largest absolute Gasteiger partial charge is 0.507 e. The van der Waals surface area contributed by atoms with Crippen LogP contribution in [0.2, 0.25) is 0 Å². The first kappa shape index (κ1) is 18.2. The van der Waals surface area contributed by atoms with Gasteiger partial charge >= 0.3 is 0 Å². The minimum absolute atomic E-state index is 0.218. The highest BCUT2D eigenvalue weighted by Gasteiger charge is 2.35. The summed E-state index contributed by atoms with van der Waals surface area (Å²) in [7, 11) is 1.77. The Bertz CT molecular complexity index is 798. The maximum Gasteiger partial charge on any atom is 0.165 e. The number of fused-ring (bicyclic) bond motifs is 4. The maximum atomic E-state index is 10.2. The molecule has 2 atom stereocenters. The lowest BCUT2D eigenvalue weighted by Crippen LogP contribution is -2.45. The summed E-state index contributed by atoms with van der Waals surface area (Å²) in [6, 6.07) is 9.88. The number of anilines is 1. The van der Waals surface area contributed by atoms with Crippen LogP contribution in [0, 0.1) is 12.8 Å². The molecule has 6 nitrogen and oxygen atoms in total. The Hall–Kier alpha value is -2.18. The smallest absolute Gasteiger partial charge is 0.165 e. The number of aromatic hydroxyl groups is 1. The number of para-hydroxylation sites is 1. The van der Waals surface area contributed by atoms with Gasteiger partial charge in [-0.1, -0.05) is 12.1 Å². The van der Waals surface area contributed by atoms with Gasteiger partial charge in [-0.05, 0) is 37.8 Å². The van der Waals surface area contributed by atoms with Gasteiger partial charge in [0.15, 0.2) is 5.82 Å². The van der Waals surface area contributed by atoms with Crippen molar-refractivity contribution in [3.8, 4) is 17.1 Å². The van der Waals surface area contributed by atoms with E-state index in [9.17, 15) is 5.11 Å². The van der Waals surface area contributed by atoms with Gasteiger partial charge in [-0.15, -0.1) is 0 Å². The second-order valence-corrected chi connectivity index (χ2v) is 7.70. The van der Waals surface area contributed by atoms with Crippen LogP contribution in [0.3, 0.4) is 0 Å². The molecular weight excluding hydrogens is 340 g/mol. The van der Waals surface area contributed by atoms with Crippen molar-refractivity contribution in [3.63, 3.8) is 0 Å². The van der Waals surface area contributed by atoms with Gasteiger partial charge in [0, 0.05) is 51.1 Å². The molecule has 0 spiro atoms. The lowest BCUT2D eigenvalue weighted by Gasteiger charge is -2.35. The molecule has 1 aromatic heterocycles. The Morgan fingerprint density at radius 3 is 2.81 bits per heavy atom. The van der Waals surface area contributed by atoms with Gasteiger partial charge in [0.05, 0.1) is 12.2 Å². The molecule has 3 aliphatic rings. The van der Waals surface area contributed by atoms with Gasteiger partial charge in [0.25, 0.3) is 0 Å².